The van der Waals surface area contributed by atoms with Crippen LogP contribution in [0, 0.1) is 18.3 Å². The standard InChI is InChI=1S/C17H26N2O/c1-5-19(14-8-6-7-13(2)11-14)10-9-18-16(20)15-12-17(15,3)4/h6-8,11,15H,5,9-10,12H2,1-4H3,(H,18,20). The molecule has 1 saturated carbocycles. The van der Waals surface area contributed by atoms with Crippen molar-refractivity contribution in [3.8, 4) is 0 Å². The number of hydrogen-bond donors (Lipinski definition) is 1. The number of carbonyl (C=O) groups excluding carboxylic acids is 1. The summed E-state index contributed by atoms with van der Waals surface area (Å²) >= 11 is 0. The quantitative estimate of drug-likeness (QED) is 0.865. The molecule has 0 aromatic heterocycles. The van der Waals surface area contributed by atoms with Crippen molar-refractivity contribution in [2.45, 2.75) is 34.1 Å². The van der Waals surface area contributed by atoms with Crippen molar-refractivity contribution in [1.29, 1.82) is 0 Å². The van der Waals surface area contributed by atoms with Crippen LogP contribution >= 0.6 is 0 Å². The van der Waals surface area contributed by atoms with Crippen LogP contribution in [0.25, 0.3) is 0 Å². The maximum atomic E-state index is 12.0. The number of likely N-dealkylation sites (N-methyl/N-ethyl adjacent to an activating group) is 1. The van der Waals surface area contributed by atoms with E-state index < -0.39 is 0 Å². The van der Waals surface area contributed by atoms with Crippen LogP contribution in [0.5, 0.6) is 0 Å². The van der Waals surface area contributed by atoms with Gasteiger partial charge in [-0.15, -0.1) is 0 Å². The Balaban J connectivity index is 1.81. The molecule has 1 N–H and O–H groups in total. The molecule has 0 spiro atoms. The fraction of sp³-hybridized carbons (Fsp3) is 0.588. The van der Waals surface area contributed by atoms with E-state index in [1.165, 1.54) is 11.3 Å². The van der Waals surface area contributed by atoms with Crippen LogP contribution in [-0.2, 0) is 4.79 Å². The highest BCUT2D eigenvalue weighted by Gasteiger charge is 2.50. The average Bonchev–Trinajstić information content (AvgIpc) is 3.04. The third kappa shape index (κ3) is 3.53. The van der Waals surface area contributed by atoms with Gasteiger partial charge in [-0.2, -0.15) is 0 Å². The SMILES string of the molecule is CCN(CCNC(=O)C1CC1(C)C)c1cccc(C)c1. The molecule has 0 radical (unpaired) electrons. The molecule has 20 heavy (non-hydrogen) atoms. The van der Waals surface area contributed by atoms with E-state index in [0.29, 0.717) is 6.54 Å². The van der Waals surface area contributed by atoms with Gasteiger partial charge in [0.05, 0.1) is 0 Å². The van der Waals surface area contributed by atoms with Gasteiger partial charge in [0.2, 0.25) is 5.91 Å². The van der Waals surface area contributed by atoms with Crippen molar-refractivity contribution in [2.24, 2.45) is 11.3 Å². The van der Waals surface area contributed by atoms with Crippen LogP contribution in [0.3, 0.4) is 0 Å². The first-order valence-corrected chi connectivity index (χ1v) is 7.53. The number of rotatable bonds is 6. The van der Waals surface area contributed by atoms with E-state index in [2.05, 4.69) is 62.2 Å². The van der Waals surface area contributed by atoms with E-state index >= 15 is 0 Å². The topological polar surface area (TPSA) is 32.3 Å². The summed E-state index contributed by atoms with van der Waals surface area (Å²) in [5.41, 5.74) is 2.71. The summed E-state index contributed by atoms with van der Waals surface area (Å²) in [6.45, 7) is 11.1. The molecule has 3 nitrogen and oxygen atoms in total. The summed E-state index contributed by atoms with van der Waals surface area (Å²) < 4.78 is 0. The van der Waals surface area contributed by atoms with E-state index in [9.17, 15) is 4.79 Å². The molecule has 1 amide bonds. The van der Waals surface area contributed by atoms with Crippen LogP contribution in [0.4, 0.5) is 5.69 Å². The number of amides is 1. The largest absolute Gasteiger partial charge is 0.370 e. The zero-order chi connectivity index (χ0) is 14.8. The summed E-state index contributed by atoms with van der Waals surface area (Å²) in [6.07, 6.45) is 1.02. The van der Waals surface area contributed by atoms with Gasteiger partial charge in [0.25, 0.3) is 0 Å². The van der Waals surface area contributed by atoms with E-state index in [0.717, 1.165) is 19.5 Å². The van der Waals surface area contributed by atoms with Crippen molar-refractivity contribution >= 4 is 11.6 Å². The second-order valence-corrected chi connectivity index (χ2v) is 6.45. The Kier molecular flexibility index (Phi) is 4.36. The first-order chi connectivity index (χ1) is 9.44. The third-order valence-corrected chi connectivity index (χ3v) is 4.26. The van der Waals surface area contributed by atoms with Crippen LogP contribution in [-0.4, -0.2) is 25.5 Å². The molecule has 0 heterocycles. The Hall–Kier alpha value is -1.51. The third-order valence-electron chi connectivity index (χ3n) is 4.26. The Morgan fingerprint density at radius 3 is 2.70 bits per heavy atom. The number of carbonyl (C=O) groups is 1. The lowest BCUT2D eigenvalue weighted by Crippen LogP contribution is -2.36. The molecule has 1 aliphatic rings. The second-order valence-electron chi connectivity index (χ2n) is 6.45. The molecule has 1 aromatic rings. The fourth-order valence-corrected chi connectivity index (χ4v) is 2.65. The number of aryl methyl sites for hydroxylation is 1. The van der Waals surface area contributed by atoms with Crippen molar-refractivity contribution < 1.29 is 4.79 Å². The van der Waals surface area contributed by atoms with E-state index in [-0.39, 0.29) is 17.2 Å². The monoisotopic (exact) mass is 274 g/mol. The van der Waals surface area contributed by atoms with Crippen LogP contribution < -0.4 is 10.2 Å². The van der Waals surface area contributed by atoms with Gasteiger partial charge in [0, 0.05) is 31.2 Å². The summed E-state index contributed by atoms with van der Waals surface area (Å²) in [4.78, 5) is 14.2. The number of nitrogens with one attached hydrogen (secondary N) is 1. The zero-order valence-corrected chi connectivity index (χ0v) is 13.1. The Morgan fingerprint density at radius 2 is 2.15 bits per heavy atom. The first kappa shape index (κ1) is 14.9. The van der Waals surface area contributed by atoms with Crippen LogP contribution in [0.15, 0.2) is 24.3 Å². The molecular weight excluding hydrogens is 248 g/mol. The molecule has 1 fully saturated rings. The highest BCUT2D eigenvalue weighted by Crippen LogP contribution is 2.51. The normalized spacial score (nSPS) is 19.5. The Morgan fingerprint density at radius 1 is 1.45 bits per heavy atom. The maximum absolute atomic E-state index is 12.0. The van der Waals surface area contributed by atoms with Gasteiger partial charge in [-0.1, -0.05) is 26.0 Å². The van der Waals surface area contributed by atoms with Gasteiger partial charge in [-0.3, -0.25) is 4.79 Å². The predicted octanol–water partition coefficient (Wildman–Crippen LogP) is 2.98. The highest BCUT2D eigenvalue weighted by atomic mass is 16.2. The van der Waals surface area contributed by atoms with Crippen LogP contribution in [0.1, 0.15) is 32.8 Å². The Labute approximate surface area is 122 Å². The Bertz CT molecular complexity index is 482. The predicted molar refractivity (Wildman–Crippen MR) is 84.0 cm³/mol. The average molecular weight is 274 g/mol. The zero-order valence-electron chi connectivity index (χ0n) is 13.1. The fourth-order valence-electron chi connectivity index (χ4n) is 2.65. The molecule has 3 heteroatoms. The molecule has 2 rings (SSSR count). The van der Waals surface area contributed by atoms with Gasteiger partial charge >= 0.3 is 0 Å². The smallest absolute Gasteiger partial charge is 0.223 e. The van der Waals surface area contributed by atoms with Gasteiger partial charge < -0.3 is 10.2 Å². The molecule has 1 aliphatic carbocycles. The number of nitrogens with zero attached hydrogens (tertiary/aromatic N) is 1. The van der Waals surface area contributed by atoms with Crippen molar-refractivity contribution in [3.63, 3.8) is 0 Å². The number of hydrogen-bond acceptors (Lipinski definition) is 2. The van der Waals surface area contributed by atoms with Gasteiger partial charge in [-0.05, 0) is 43.4 Å². The minimum atomic E-state index is 0.213. The van der Waals surface area contributed by atoms with Gasteiger partial charge in [0.1, 0.15) is 0 Å². The minimum absolute atomic E-state index is 0.213. The lowest BCUT2D eigenvalue weighted by molar-refractivity contribution is -0.122. The van der Waals surface area contributed by atoms with Gasteiger partial charge in [-0.25, -0.2) is 0 Å². The molecule has 1 unspecified atom stereocenters. The first-order valence-electron chi connectivity index (χ1n) is 7.53. The van der Waals surface area contributed by atoms with E-state index in [1.807, 2.05) is 0 Å². The summed E-state index contributed by atoms with van der Waals surface area (Å²) in [7, 11) is 0. The molecular formula is C17H26N2O. The van der Waals surface area contributed by atoms with Crippen molar-refractivity contribution in [1.82, 2.24) is 5.32 Å². The lowest BCUT2D eigenvalue weighted by Gasteiger charge is -2.23. The van der Waals surface area contributed by atoms with E-state index in [4.69, 9.17) is 0 Å². The van der Waals surface area contributed by atoms with Crippen molar-refractivity contribution in [3.05, 3.63) is 29.8 Å². The summed E-state index contributed by atoms with van der Waals surface area (Å²) in [6, 6.07) is 8.50. The maximum Gasteiger partial charge on any atom is 0.223 e. The molecule has 1 aromatic carbocycles. The lowest BCUT2D eigenvalue weighted by atomic mass is 10.1. The number of anilines is 1. The van der Waals surface area contributed by atoms with Crippen molar-refractivity contribution in [2.75, 3.05) is 24.5 Å². The minimum Gasteiger partial charge on any atom is -0.370 e. The van der Waals surface area contributed by atoms with Gasteiger partial charge in [0.15, 0.2) is 0 Å². The second kappa shape index (κ2) is 5.86. The molecule has 0 saturated heterocycles. The molecule has 1 atom stereocenters. The molecule has 0 bridgehead atoms. The summed E-state index contributed by atoms with van der Waals surface area (Å²) in [5, 5.41) is 3.07. The van der Waals surface area contributed by atoms with E-state index in [1.54, 1.807) is 0 Å². The summed E-state index contributed by atoms with van der Waals surface area (Å²) in [5.74, 6) is 0.437. The molecule has 110 valence electrons. The highest BCUT2D eigenvalue weighted by molar-refractivity contribution is 5.82. The van der Waals surface area contributed by atoms with Crippen LogP contribution in [0.2, 0.25) is 0 Å². The number of benzene rings is 1. The molecule has 0 aliphatic heterocycles.